The van der Waals surface area contributed by atoms with Gasteiger partial charge in [-0.25, -0.2) is 0 Å². The van der Waals surface area contributed by atoms with E-state index in [0.717, 1.165) is 17.0 Å². The van der Waals surface area contributed by atoms with Gasteiger partial charge in [-0.3, -0.25) is 4.79 Å². The smallest absolute Gasteiger partial charge is 0.248 e. The second-order valence-corrected chi connectivity index (χ2v) is 4.36. The van der Waals surface area contributed by atoms with Crippen LogP contribution in [0.5, 0.6) is 5.75 Å². The summed E-state index contributed by atoms with van der Waals surface area (Å²) in [5.74, 6) is 0.575. The van der Waals surface area contributed by atoms with E-state index in [1.165, 1.54) is 6.08 Å². The molecule has 0 heterocycles. The summed E-state index contributed by atoms with van der Waals surface area (Å²) < 4.78 is 5.38. The lowest BCUT2D eigenvalue weighted by molar-refractivity contribution is -0.111. The molecule has 0 saturated heterocycles. The summed E-state index contributed by atoms with van der Waals surface area (Å²) in [4.78, 5) is 11.8. The monoisotopic (exact) mass is 279 g/mol. The minimum absolute atomic E-state index is 0.168. The highest BCUT2D eigenvalue weighted by Crippen LogP contribution is 2.15. The van der Waals surface area contributed by atoms with E-state index in [9.17, 15) is 4.79 Å². The van der Waals surface area contributed by atoms with Crippen molar-refractivity contribution in [3.8, 4) is 5.75 Å². The molecule has 3 nitrogen and oxygen atoms in total. The first-order valence-corrected chi connectivity index (χ1v) is 6.66. The molecule has 0 atom stereocenters. The number of anilines is 1. The zero-order valence-electron chi connectivity index (χ0n) is 11.7. The van der Waals surface area contributed by atoms with Crippen LogP contribution in [0.15, 0.2) is 73.3 Å². The van der Waals surface area contributed by atoms with Crippen molar-refractivity contribution in [1.82, 2.24) is 0 Å². The second kappa shape index (κ2) is 7.70. The molecule has 0 aliphatic heterocycles. The Morgan fingerprint density at radius 2 is 1.81 bits per heavy atom. The highest BCUT2D eigenvalue weighted by Gasteiger charge is 1.98. The molecule has 0 bridgehead atoms. The average molecular weight is 279 g/mol. The normalized spacial score (nSPS) is 10.3. The van der Waals surface area contributed by atoms with Crippen molar-refractivity contribution in [3.63, 3.8) is 0 Å². The lowest BCUT2D eigenvalue weighted by Crippen LogP contribution is -2.07. The Kier molecular flexibility index (Phi) is 5.35. The Morgan fingerprint density at radius 1 is 1.10 bits per heavy atom. The van der Waals surface area contributed by atoms with Crippen LogP contribution in [-0.2, 0) is 4.79 Å². The number of ether oxygens (including phenoxy) is 1. The van der Waals surface area contributed by atoms with Crippen LogP contribution in [0.25, 0.3) is 6.08 Å². The van der Waals surface area contributed by atoms with Crippen molar-refractivity contribution in [3.05, 3.63) is 78.9 Å². The molecule has 3 heteroatoms. The number of benzene rings is 2. The highest BCUT2D eigenvalue weighted by molar-refractivity contribution is 6.01. The molecule has 21 heavy (non-hydrogen) atoms. The lowest BCUT2D eigenvalue weighted by atomic mass is 10.2. The summed E-state index contributed by atoms with van der Waals surface area (Å²) in [7, 11) is 0. The SMILES string of the molecule is C=CCOc1ccc(NC(=O)C=Cc2ccccc2)cc1. The fourth-order valence-electron chi connectivity index (χ4n) is 1.71. The number of rotatable bonds is 6. The Morgan fingerprint density at radius 3 is 2.48 bits per heavy atom. The fourth-order valence-corrected chi connectivity index (χ4v) is 1.71. The summed E-state index contributed by atoms with van der Waals surface area (Å²) in [6.07, 6.45) is 4.97. The van der Waals surface area contributed by atoms with Crippen molar-refractivity contribution in [2.45, 2.75) is 0 Å². The Balaban J connectivity index is 1.90. The number of carbonyl (C=O) groups is 1. The van der Waals surface area contributed by atoms with E-state index in [1.807, 2.05) is 30.3 Å². The van der Waals surface area contributed by atoms with Gasteiger partial charge in [0.05, 0.1) is 0 Å². The second-order valence-electron chi connectivity index (χ2n) is 4.36. The van der Waals surface area contributed by atoms with Crippen molar-refractivity contribution >= 4 is 17.7 Å². The Bertz CT molecular complexity index is 615. The van der Waals surface area contributed by atoms with Gasteiger partial charge >= 0.3 is 0 Å². The maximum absolute atomic E-state index is 11.8. The molecule has 0 aliphatic carbocycles. The van der Waals surface area contributed by atoms with Crippen LogP contribution in [0.4, 0.5) is 5.69 Å². The largest absolute Gasteiger partial charge is 0.490 e. The molecule has 1 amide bonds. The van der Waals surface area contributed by atoms with Gasteiger partial charge in [0, 0.05) is 11.8 Å². The van der Waals surface area contributed by atoms with Crippen molar-refractivity contribution in [2.75, 3.05) is 11.9 Å². The van der Waals surface area contributed by atoms with Gasteiger partial charge in [0.15, 0.2) is 0 Å². The van der Waals surface area contributed by atoms with E-state index in [2.05, 4.69) is 11.9 Å². The molecule has 2 aromatic rings. The standard InChI is InChI=1S/C18H17NO2/c1-2-14-21-17-11-9-16(10-12-17)19-18(20)13-8-15-6-4-3-5-7-15/h2-13H,1,14H2,(H,19,20). The summed E-state index contributed by atoms with van der Waals surface area (Å²) in [5, 5.41) is 2.79. The zero-order chi connectivity index (χ0) is 14.9. The summed E-state index contributed by atoms with van der Waals surface area (Å²) >= 11 is 0. The first-order valence-electron chi connectivity index (χ1n) is 6.66. The summed E-state index contributed by atoms with van der Waals surface area (Å²) in [5.41, 5.74) is 1.71. The van der Waals surface area contributed by atoms with Crippen molar-refractivity contribution in [1.29, 1.82) is 0 Å². The fraction of sp³-hybridized carbons (Fsp3) is 0.0556. The highest BCUT2D eigenvalue weighted by atomic mass is 16.5. The van der Waals surface area contributed by atoms with Crippen LogP contribution < -0.4 is 10.1 Å². The molecule has 0 fully saturated rings. The average Bonchev–Trinajstić information content (AvgIpc) is 2.53. The van der Waals surface area contributed by atoms with Gasteiger partial charge in [0.25, 0.3) is 0 Å². The van der Waals surface area contributed by atoms with Gasteiger partial charge in [-0.2, -0.15) is 0 Å². The zero-order valence-corrected chi connectivity index (χ0v) is 11.7. The molecule has 2 aromatic carbocycles. The molecule has 0 aromatic heterocycles. The van der Waals surface area contributed by atoms with Gasteiger partial charge in [0.2, 0.25) is 5.91 Å². The van der Waals surface area contributed by atoms with Gasteiger partial charge in [0.1, 0.15) is 12.4 Å². The maximum atomic E-state index is 11.8. The van der Waals surface area contributed by atoms with Crippen LogP contribution in [0.3, 0.4) is 0 Å². The van der Waals surface area contributed by atoms with Crippen molar-refractivity contribution < 1.29 is 9.53 Å². The molecule has 106 valence electrons. The third-order valence-corrected chi connectivity index (χ3v) is 2.72. The predicted octanol–water partition coefficient (Wildman–Crippen LogP) is 3.90. The van der Waals surface area contributed by atoms with Gasteiger partial charge in [-0.05, 0) is 35.9 Å². The molecule has 0 radical (unpaired) electrons. The van der Waals surface area contributed by atoms with Crippen LogP contribution in [0.2, 0.25) is 0 Å². The summed E-state index contributed by atoms with van der Waals surface area (Å²) in [6.45, 7) is 4.05. The van der Waals surface area contributed by atoms with Crippen LogP contribution in [0.1, 0.15) is 5.56 Å². The number of hydrogen-bond donors (Lipinski definition) is 1. The van der Waals surface area contributed by atoms with Gasteiger partial charge < -0.3 is 10.1 Å². The molecule has 0 spiro atoms. The minimum Gasteiger partial charge on any atom is -0.490 e. The summed E-state index contributed by atoms with van der Waals surface area (Å²) in [6, 6.07) is 16.9. The molecule has 2 rings (SSSR count). The van der Waals surface area contributed by atoms with Gasteiger partial charge in [-0.15, -0.1) is 0 Å². The first kappa shape index (κ1) is 14.6. The minimum atomic E-state index is -0.168. The van der Waals surface area contributed by atoms with E-state index < -0.39 is 0 Å². The van der Waals surface area contributed by atoms with E-state index in [4.69, 9.17) is 4.74 Å². The van der Waals surface area contributed by atoms with Crippen LogP contribution in [0, 0.1) is 0 Å². The molecule has 0 saturated carbocycles. The lowest BCUT2D eigenvalue weighted by Gasteiger charge is -2.05. The predicted molar refractivity (Wildman–Crippen MR) is 86.2 cm³/mol. The van der Waals surface area contributed by atoms with E-state index in [1.54, 1.807) is 36.4 Å². The number of nitrogens with one attached hydrogen (secondary N) is 1. The quantitative estimate of drug-likeness (QED) is 0.643. The Hall–Kier alpha value is -2.81. The molecule has 0 aliphatic rings. The van der Waals surface area contributed by atoms with Crippen molar-refractivity contribution in [2.24, 2.45) is 0 Å². The molecule has 0 unspecified atom stereocenters. The molecular formula is C18H17NO2. The third kappa shape index (κ3) is 4.99. The first-order chi connectivity index (χ1) is 10.3. The molecule has 1 N–H and O–H groups in total. The van der Waals surface area contributed by atoms with Gasteiger partial charge in [-0.1, -0.05) is 43.0 Å². The van der Waals surface area contributed by atoms with Crippen LogP contribution in [-0.4, -0.2) is 12.5 Å². The number of amides is 1. The Labute approximate surface area is 124 Å². The number of carbonyl (C=O) groups excluding carboxylic acids is 1. The maximum Gasteiger partial charge on any atom is 0.248 e. The topological polar surface area (TPSA) is 38.3 Å². The third-order valence-electron chi connectivity index (χ3n) is 2.72. The molecular weight excluding hydrogens is 262 g/mol. The van der Waals surface area contributed by atoms with E-state index in [-0.39, 0.29) is 5.91 Å². The number of hydrogen-bond acceptors (Lipinski definition) is 2. The van der Waals surface area contributed by atoms with E-state index >= 15 is 0 Å². The van der Waals surface area contributed by atoms with Crippen LogP contribution >= 0.6 is 0 Å². The van der Waals surface area contributed by atoms with E-state index in [0.29, 0.717) is 6.61 Å².